The maximum absolute atomic E-state index is 11.6. The summed E-state index contributed by atoms with van der Waals surface area (Å²) in [5.41, 5.74) is 0.828. The number of hydrogen-bond donors (Lipinski definition) is 5. The third-order valence-corrected chi connectivity index (χ3v) is 11.7. The zero-order chi connectivity index (χ0) is 24.9. The van der Waals surface area contributed by atoms with Crippen LogP contribution in [0.15, 0.2) is 12.1 Å². The van der Waals surface area contributed by atoms with Crippen LogP contribution in [0.25, 0.3) is 0 Å². The molecule has 184 valence electrons. The predicted octanol–water partition coefficient (Wildman–Crippen LogP) is 5.12. The summed E-state index contributed by atoms with van der Waals surface area (Å²) in [4.78, 5) is 0. The van der Waals surface area contributed by atoms with Crippen molar-refractivity contribution in [3.05, 3.63) is 23.3 Å². The molecule has 4 atom stereocenters. The summed E-state index contributed by atoms with van der Waals surface area (Å²) in [6, 6.07) is 3.88. The predicted molar refractivity (Wildman–Crippen MR) is 136 cm³/mol. The molecule has 0 aromatic heterocycles. The smallest absolute Gasteiger partial charge is 0.266 e. The van der Waals surface area contributed by atoms with Crippen molar-refractivity contribution in [1.29, 1.82) is 0 Å². The number of phenolic OH excluding ortho intramolecular Hbond substituents is 2. The van der Waals surface area contributed by atoms with Crippen molar-refractivity contribution >= 4 is 14.1 Å². The molecule has 1 aliphatic rings. The van der Waals surface area contributed by atoms with Crippen LogP contribution in [0, 0.1) is 12.3 Å². The van der Waals surface area contributed by atoms with Gasteiger partial charge in [-0.2, -0.15) is 0 Å². The Bertz CT molecular complexity index is 731. The summed E-state index contributed by atoms with van der Waals surface area (Å²) in [5, 5.41) is 44.3. The van der Waals surface area contributed by atoms with Crippen LogP contribution in [0.4, 0.5) is 0 Å². The molecule has 0 aliphatic carbocycles. The van der Waals surface area contributed by atoms with Gasteiger partial charge in [0.25, 0.3) is 14.1 Å². The molecule has 0 spiro atoms. The SMILES string of the molecule is CO.Cc1ccc(O)c(O)c1C1(C)CCNC(C)CC[CH]([C@](C)(O)C(C)(C)C)[Al]([CH3])[CH2]C1. The molecule has 1 heterocycles. The lowest BCUT2D eigenvalue weighted by Gasteiger charge is -2.46. The molecule has 5 N–H and O–H groups in total. The van der Waals surface area contributed by atoms with E-state index in [0.29, 0.717) is 10.8 Å². The van der Waals surface area contributed by atoms with Crippen molar-refractivity contribution in [1.82, 2.24) is 5.32 Å². The fraction of sp³-hybridized carbons (Fsp3) is 0.769. The van der Waals surface area contributed by atoms with Gasteiger partial charge in [-0.25, -0.2) is 0 Å². The molecule has 1 aromatic carbocycles. The number of hydrogen-bond acceptors (Lipinski definition) is 5. The quantitative estimate of drug-likeness (QED) is 0.309. The summed E-state index contributed by atoms with van der Waals surface area (Å²) in [6.07, 6.45) is 4.00. The lowest BCUT2D eigenvalue weighted by atomic mass is 9.74. The van der Waals surface area contributed by atoms with Gasteiger partial charge >= 0.3 is 0 Å². The molecular formula is C26H48AlNO4. The van der Waals surface area contributed by atoms with E-state index in [1.807, 2.05) is 19.9 Å². The van der Waals surface area contributed by atoms with Gasteiger partial charge in [-0.05, 0) is 62.6 Å². The van der Waals surface area contributed by atoms with Crippen LogP contribution >= 0.6 is 0 Å². The van der Waals surface area contributed by atoms with Crippen LogP contribution in [0.3, 0.4) is 0 Å². The third kappa shape index (κ3) is 6.64. The highest BCUT2D eigenvalue weighted by molar-refractivity contribution is 6.59. The van der Waals surface area contributed by atoms with Gasteiger partial charge in [0.15, 0.2) is 11.5 Å². The average molecular weight is 466 g/mol. The molecule has 6 heteroatoms. The fourth-order valence-electron chi connectivity index (χ4n) is 5.37. The van der Waals surface area contributed by atoms with Gasteiger partial charge in [0, 0.05) is 18.7 Å². The number of aryl methyl sites for hydroxylation is 1. The maximum atomic E-state index is 11.6. The van der Waals surface area contributed by atoms with Crippen LogP contribution in [-0.2, 0) is 5.41 Å². The fourth-order valence-corrected chi connectivity index (χ4v) is 9.23. The molecule has 1 saturated heterocycles. The van der Waals surface area contributed by atoms with Gasteiger partial charge in [0.05, 0.1) is 5.60 Å². The highest BCUT2D eigenvalue weighted by atomic mass is 27.2. The van der Waals surface area contributed by atoms with E-state index in [2.05, 4.69) is 45.7 Å². The summed E-state index contributed by atoms with van der Waals surface area (Å²) in [6.45, 7) is 15.9. The first kappa shape index (κ1) is 29.3. The highest BCUT2D eigenvalue weighted by Crippen LogP contribution is 2.48. The van der Waals surface area contributed by atoms with Gasteiger partial charge in [0.2, 0.25) is 0 Å². The van der Waals surface area contributed by atoms with Crippen molar-refractivity contribution in [3.63, 3.8) is 0 Å². The van der Waals surface area contributed by atoms with Crippen LogP contribution in [0.1, 0.15) is 78.4 Å². The first-order chi connectivity index (χ1) is 14.7. The Morgan fingerprint density at radius 2 is 1.66 bits per heavy atom. The minimum absolute atomic E-state index is 0.0352. The van der Waals surface area contributed by atoms with Gasteiger partial charge in [-0.15, -0.1) is 5.79 Å². The van der Waals surface area contributed by atoms with E-state index in [9.17, 15) is 15.3 Å². The Kier molecular flexibility index (Phi) is 10.6. The number of rotatable bonds is 2. The van der Waals surface area contributed by atoms with E-state index >= 15 is 0 Å². The first-order valence-corrected chi connectivity index (χ1v) is 14.8. The standard InChI is InChI=1S/C24H41NO3.CH4O.CH3.Al/c1-9-23(7,20-17(2)12-13-19(26)21(20)27)15-16-25-18(3)11-10-14-24(8,28)22(4,5)6;1-2;;/h12-14,18,25-28H,1,9-11,15-16H2,2-8H3;2H,1H3;1H3;/t18?,23?,24-;;;/m0.../s1. The van der Waals surface area contributed by atoms with Gasteiger partial charge < -0.3 is 25.7 Å². The second-order valence-corrected chi connectivity index (χ2v) is 14.7. The van der Waals surface area contributed by atoms with E-state index in [0.717, 1.165) is 55.7 Å². The molecule has 0 bridgehead atoms. The van der Waals surface area contributed by atoms with Gasteiger partial charge in [-0.1, -0.05) is 56.7 Å². The number of aromatic hydroxyl groups is 2. The molecule has 5 nitrogen and oxygen atoms in total. The number of benzene rings is 1. The van der Waals surface area contributed by atoms with Crippen molar-refractivity contribution in [2.45, 2.75) is 107 Å². The third-order valence-electron chi connectivity index (χ3n) is 8.13. The van der Waals surface area contributed by atoms with E-state index in [4.69, 9.17) is 5.11 Å². The highest BCUT2D eigenvalue weighted by Gasteiger charge is 2.46. The Balaban J connectivity index is 0.00000249. The van der Waals surface area contributed by atoms with Crippen LogP contribution < -0.4 is 5.32 Å². The number of aliphatic hydroxyl groups excluding tert-OH is 1. The zero-order valence-corrected chi connectivity index (χ0v) is 23.1. The molecular weight excluding hydrogens is 417 g/mol. The Labute approximate surface area is 200 Å². The second kappa shape index (κ2) is 11.6. The molecule has 1 aromatic rings. The second-order valence-electron chi connectivity index (χ2n) is 11.4. The van der Waals surface area contributed by atoms with Gasteiger partial charge in [-0.3, -0.25) is 0 Å². The molecule has 0 radical (unpaired) electrons. The molecule has 3 unspecified atom stereocenters. The summed E-state index contributed by atoms with van der Waals surface area (Å²) >= 11 is -1.28. The van der Waals surface area contributed by atoms with E-state index in [-0.39, 0.29) is 22.3 Å². The molecule has 32 heavy (non-hydrogen) atoms. The van der Waals surface area contributed by atoms with E-state index in [1.54, 1.807) is 6.07 Å². The van der Waals surface area contributed by atoms with E-state index in [1.165, 1.54) is 0 Å². The van der Waals surface area contributed by atoms with Crippen LogP contribution in [0.5, 0.6) is 11.5 Å². The Morgan fingerprint density at radius 1 is 1.06 bits per heavy atom. The largest absolute Gasteiger partial charge is 0.504 e. The number of nitrogens with one attached hydrogen (secondary N) is 1. The summed E-state index contributed by atoms with van der Waals surface area (Å²) in [7, 11) is 1.00. The number of aliphatic hydroxyl groups is 2. The Morgan fingerprint density at radius 3 is 2.22 bits per heavy atom. The van der Waals surface area contributed by atoms with Crippen LogP contribution in [0.2, 0.25) is 15.8 Å². The lowest BCUT2D eigenvalue weighted by Crippen LogP contribution is -2.48. The van der Waals surface area contributed by atoms with Crippen LogP contribution in [-0.4, -0.2) is 59.9 Å². The summed E-state index contributed by atoms with van der Waals surface area (Å²) < 4.78 is 0.336. The van der Waals surface area contributed by atoms with Crippen molar-refractivity contribution < 1.29 is 20.4 Å². The first-order valence-electron chi connectivity index (χ1n) is 12.1. The van der Waals surface area contributed by atoms with Crippen molar-refractivity contribution in [3.8, 4) is 11.5 Å². The summed E-state index contributed by atoms with van der Waals surface area (Å²) in [5.74, 6) is 2.41. The number of phenols is 2. The molecule has 1 fully saturated rings. The topological polar surface area (TPSA) is 93.0 Å². The minimum Gasteiger partial charge on any atom is -0.504 e. The van der Waals surface area contributed by atoms with Crippen molar-refractivity contribution in [2.24, 2.45) is 5.41 Å². The van der Waals surface area contributed by atoms with E-state index < -0.39 is 19.7 Å². The monoisotopic (exact) mass is 465 g/mol. The molecule has 0 amide bonds. The van der Waals surface area contributed by atoms with Gasteiger partial charge in [0.1, 0.15) is 0 Å². The molecule has 2 rings (SSSR count). The molecule has 1 aliphatic heterocycles. The average Bonchev–Trinajstić information content (AvgIpc) is 2.72. The normalized spacial score (nSPS) is 27.5. The Hall–Kier alpha value is -0.768. The zero-order valence-electron chi connectivity index (χ0n) is 21.9. The van der Waals surface area contributed by atoms with Crippen molar-refractivity contribution in [2.75, 3.05) is 13.7 Å². The lowest BCUT2D eigenvalue weighted by molar-refractivity contribution is -0.0505. The maximum Gasteiger partial charge on any atom is 0.266 e. The minimum atomic E-state index is -1.28. The molecule has 0 saturated carbocycles.